The molecule has 0 fully saturated rings. The van der Waals surface area contributed by atoms with Crippen LogP contribution in [0.4, 0.5) is 10.7 Å². The third-order valence-electron chi connectivity index (χ3n) is 7.43. The molecule has 248 valence electrons. The molecule has 3 N–H and O–H groups in total. The summed E-state index contributed by atoms with van der Waals surface area (Å²) in [6, 6.07) is 20.5. The Balaban J connectivity index is 1.28. The number of hydrogen-bond acceptors (Lipinski definition) is 7. The van der Waals surface area contributed by atoms with Gasteiger partial charge in [0, 0.05) is 21.0 Å². The van der Waals surface area contributed by atoms with Gasteiger partial charge >= 0.3 is 5.97 Å². The van der Waals surface area contributed by atoms with Gasteiger partial charge in [-0.1, -0.05) is 66.0 Å². The van der Waals surface area contributed by atoms with Gasteiger partial charge in [0.15, 0.2) is 0 Å². The van der Waals surface area contributed by atoms with E-state index in [-0.39, 0.29) is 29.0 Å². The number of benzene rings is 3. The molecule has 0 saturated carbocycles. The fraction of sp³-hybridized carbons (Fsp3) is 0.222. The van der Waals surface area contributed by atoms with E-state index in [1.165, 1.54) is 29.2 Å². The molecule has 8 nitrogen and oxygen atoms in total. The number of amides is 3. The van der Waals surface area contributed by atoms with Gasteiger partial charge in [-0.25, -0.2) is 4.79 Å². The first kappa shape index (κ1) is 35.2. The predicted octanol–water partition coefficient (Wildman–Crippen LogP) is 8.64. The molecule has 12 heteroatoms. The lowest BCUT2D eigenvalue weighted by Gasteiger charge is -2.13. The molecule has 0 spiro atoms. The number of carbonyl (C=O) groups is 4. The SMILES string of the molecule is CCOC(=O)c1c(NC(=O)CSc2cccc(NC(=O)/C(=C\c3cccc(Cl)c3Cl)NC(=O)c3ccccc3)c2)sc2c1CCCCC2. The van der Waals surface area contributed by atoms with Crippen LogP contribution in [0, 0.1) is 0 Å². The van der Waals surface area contributed by atoms with E-state index in [4.69, 9.17) is 27.9 Å². The van der Waals surface area contributed by atoms with E-state index in [0.29, 0.717) is 32.4 Å². The molecule has 0 unspecified atom stereocenters. The number of nitrogens with one attached hydrogen (secondary N) is 3. The van der Waals surface area contributed by atoms with Crippen molar-refractivity contribution in [1.82, 2.24) is 5.32 Å². The summed E-state index contributed by atoms with van der Waals surface area (Å²) < 4.78 is 5.33. The Labute approximate surface area is 297 Å². The van der Waals surface area contributed by atoms with Crippen LogP contribution < -0.4 is 16.0 Å². The Kier molecular flexibility index (Phi) is 12.4. The molecule has 5 rings (SSSR count). The van der Waals surface area contributed by atoms with E-state index in [0.717, 1.165) is 47.4 Å². The number of aryl methyl sites for hydroxylation is 1. The van der Waals surface area contributed by atoms with E-state index in [2.05, 4.69) is 16.0 Å². The summed E-state index contributed by atoms with van der Waals surface area (Å²) in [7, 11) is 0. The summed E-state index contributed by atoms with van der Waals surface area (Å²) in [4.78, 5) is 54.3. The van der Waals surface area contributed by atoms with E-state index in [1.807, 2.05) is 6.07 Å². The highest BCUT2D eigenvalue weighted by atomic mass is 35.5. The van der Waals surface area contributed by atoms with Crippen molar-refractivity contribution >= 4 is 86.8 Å². The standard InChI is InChI=1S/C36H33Cl2N3O5S2/c1-2-46-36(45)31-26-16-7-4-8-18-29(26)48-35(31)41-30(42)21-47-25-15-10-14-24(20-25)39-34(44)28(19-23-13-9-17-27(37)32(23)38)40-33(43)22-11-5-3-6-12-22/h3,5-6,9-15,17,19-20H,2,4,7-8,16,18,21H2,1H3,(H,39,44)(H,40,43)(H,41,42)/b28-19+. The molecule has 0 radical (unpaired) electrons. The minimum absolute atomic E-state index is 0.0443. The van der Waals surface area contributed by atoms with Gasteiger partial charge in [0.2, 0.25) is 5.91 Å². The van der Waals surface area contributed by atoms with Gasteiger partial charge in [-0.3, -0.25) is 14.4 Å². The molecule has 1 aliphatic rings. The molecular formula is C36H33Cl2N3O5S2. The minimum atomic E-state index is -0.584. The second-order valence-electron chi connectivity index (χ2n) is 10.8. The topological polar surface area (TPSA) is 114 Å². The first-order valence-electron chi connectivity index (χ1n) is 15.4. The van der Waals surface area contributed by atoms with Crippen molar-refractivity contribution in [2.24, 2.45) is 0 Å². The lowest BCUT2D eigenvalue weighted by Crippen LogP contribution is -2.30. The lowest BCUT2D eigenvalue weighted by atomic mass is 10.1. The fourth-order valence-corrected chi connectivity index (χ4v) is 7.56. The van der Waals surface area contributed by atoms with E-state index in [9.17, 15) is 19.2 Å². The number of esters is 1. The number of carbonyl (C=O) groups excluding carboxylic acids is 4. The molecule has 0 saturated heterocycles. The Morgan fingerprint density at radius 2 is 1.69 bits per heavy atom. The second kappa shape index (κ2) is 16.8. The normalized spacial score (nSPS) is 12.8. The number of halogens is 2. The van der Waals surface area contributed by atoms with Gasteiger partial charge in [0.25, 0.3) is 11.8 Å². The van der Waals surface area contributed by atoms with Crippen LogP contribution in [0.15, 0.2) is 83.4 Å². The van der Waals surface area contributed by atoms with Crippen molar-refractivity contribution < 1.29 is 23.9 Å². The second-order valence-corrected chi connectivity index (χ2v) is 13.8. The van der Waals surface area contributed by atoms with E-state index < -0.39 is 17.8 Å². The summed E-state index contributed by atoms with van der Waals surface area (Å²) >= 11 is 15.3. The third kappa shape index (κ3) is 9.08. The predicted molar refractivity (Wildman–Crippen MR) is 194 cm³/mol. The summed E-state index contributed by atoms with van der Waals surface area (Å²) in [6.45, 7) is 2.02. The summed E-state index contributed by atoms with van der Waals surface area (Å²) in [6.07, 6.45) is 6.30. The molecule has 0 aliphatic heterocycles. The Morgan fingerprint density at radius 1 is 0.917 bits per heavy atom. The summed E-state index contributed by atoms with van der Waals surface area (Å²) in [5.74, 6) is -1.65. The quantitative estimate of drug-likeness (QED) is 0.0619. The number of thiophene rings is 1. The van der Waals surface area contributed by atoms with Crippen molar-refractivity contribution in [1.29, 1.82) is 0 Å². The molecule has 3 amide bonds. The molecule has 1 heterocycles. The number of anilines is 2. The zero-order chi connectivity index (χ0) is 34.0. The highest BCUT2D eigenvalue weighted by molar-refractivity contribution is 8.00. The number of fused-ring (bicyclic) bond motifs is 1. The van der Waals surface area contributed by atoms with Gasteiger partial charge in [0.05, 0.1) is 28.0 Å². The summed E-state index contributed by atoms with van der Waals surface area (Å²) in [5.41, 5.74) is 2.70. The van der Waals surface area contributed by atoms with Crippen molar-refractivity contribution in [2.45, 2.75) is 43.9 Å². The number of hydrogen-bond donors (Lipinski definition) is 3. The maximum Gasteiger partial charge on any atom is 0.341 e. The van der Waals surface area contributed by atoms with Crippen molar-refractivity contribution in [3.8, 4) is 0 Å². The first-order valence-corrected chi connectivity index (χ1v) is 18.0. The summed E-state index contributed by atoms with van der Waals surface area (Å²) in [5, 5.41) is 9.53. The van der Waals surface area contributed by atoms with Gasteiger partial charge in [-0.05, 0) is 86.2 Å². The van der Waals surface area contributed by atoms with Crippen molar-refractivity contribution in [3.63, 3.8) is 0 Å². The van der Waals surface area contributed by atoms with E-state index in [1.54, 1.807) is 73.7 Å². The van der Waals surface area contributed by atoms with Crippen LogP contribution >= 0.6 is 46.3 Å². The van der Waals surface area contributed by atoms with Crippen LogP contribution in [-0.2, 0) is 27.2 Å². The van der Waals surface area contributed by atoms with Crippen LogP contribution in [0.5, 0.6) is 0 Å². The number of thioether (sulfide) groups is 1. The average Bonchev–Trinajstić information content (AvgIpc) is 3.25. The average molecular weight is 723 g/mol. The van der Waals surface area contributed by atoms with Gasteiger partial charge in [0.1, 0.15) is 10.7 Å². The molecule has 48 heavy (non-hydrogen) atoms. The largest absolute Gasteiger partial charge is 0.462 e. The number of rotatable bonds is 11. The molecule has 0 bridgehead atoms. The fourth-order valence-electron chi connectivity index (χ4n) is 5.15. The first-order chi connectivity index (χ1) is 23.2. The van der Waals surface area contributed by atoms with Crippen LogP contribution in [0.1, 0.15) is 62.9 Å². The Hall–Kier alpha value is -4.09. The molecule has 3 aromatic carbocycles. The Bertz CT molecular complexity index is 1860. The highest BCUT2D eigenvalue weighted by Crippen LogP contribution is 2.38. The highest BCUT2D eigenvalue weighted by Gasteiger charge is 2.26. The molecular weight excluding hydrogens is 689 g/mol. The Morgan fingerprint density at radius 3 is 2.48 bits per heavy atom. The molecule has 4 aromatic rings. The van der Waals surface area contributed by atoms with Gasteiger partial charge < -0.3 is 20.7 Å². The van der Waals surface area contributed by atoms with E-state index >= 15 is 0 Å². The van der Waals surface area contributed by atoms with Crippen molar-refractivity contribution in [2.75, 3.05) is 23.0 Å². The monoisotopic (exact) mass is 721 g/mol. The van der Waals surface area contributed by atoms with Gasteiger partial charge in [-0.2, -0.15) is 0 Å². The lowest BCUT2D eigenvalue weighted by molar-refractivity contribution is -0.114. The van der Waals surface area contributed by atoms with Crippen LogP contribution in [0.3, 0.4) is 0 Å². The number of ether oxygens (including phenoxy) is 1. The zero-order valence-electron chi connectivity index (χ0n) is 26.1. The minimum Gasteiger partial charge on any atom is -0.462 e. The molecule has 0 atom stereocenters. The van der Waals surface area contributed by atoms with Gasteiger partial charge in [-0.15, -0.1) is 23.1 Å². The molecule has 1 aromatic heterocycles. The van der Waals surface area contributed by atoms with Crippen molar-refractivity contribution in [3.05, 3.63) is 116 Å². The van der Waals surface area contributed by atoms with Crippen LogP contribution in [0.25, 0.3) is 6.08 Å². The smallest absolute Gasteiger partial charge is 0.341 e. The molecule has 1 aliphatic carbocycles. The van der Waals surface area contributed by atoms with Crippen LogP contribution in [0.2, 0.25) is 10.0 Å². The third-order valence-corrected chi connectivity index (χ3v) is 10.5. The maximum absolute atomic E-state index is 13.5. The zero-order valence-corrected chi connectivity index (χ0v) is 29.2. The van der Waals surface area contributed by atoms with Crippen LogP contribution in [-0.4, -0.2) is 36.1 Å². The maximum atomic E-state index is 13.5.